The predicted molar refractivity (Wildman–Crippen MR) is 166 cm³/mol. The number of carbonyl (C=O) groups excluding carboxylic acids is 3. The second-order valence-corrected chi connectivity index (χ2v) is 14.1. The summed E-state index contributed by atoms with van der Waals surface area (Å²) in [6.07, 6.45) is 1.20. The zero-order valence-electron chi connectivity index (χ0n) is 26.7. The van der Waals surface area contributed by atoms with E-state index in [-0.39, 0.29) is 35.8 Å². The van der Waals surface area contributed by atoms with Crippen LogP contribution in [0.15, 0.2) is 28.7 Å². The smallest absolute Gasteiger partial charge is 0.255 e. The number of benzene rings is 1. The number of phenolic OH excluding ortho intramolecular Hbond substituents is 1. The average molecular weight is 611 g/mol. The van der Waals surface area contributed by atoms with Gasteiger partial charge < -0.3 is 31.1 Å². The first-order valence-electron chi connectivity index (χ1n) is 15.5. The number of nitrogens with two attached hydrogens (primary N) is 1. The number of primary amides is 1. The summed E-state index contributed by atoms with van der Waals surface area (Å²) >= 11 is 0. The minimum Gasteiger partial charge on any atom is -0.510 e. The van der Waals surface area contributed by atoms with Crippen molar-refractivity contribution in [1.82, 2.24) is 9.80 Å². The molecular weight excluding hydrogens is 564 g/mol. The molecule has 1 unspecified atom stereocenters. The lowest BCUT2D eigenvalue weighted by Crippen LogP contribution is -2.63. The molecule has 1 aromatic rings. The van der Waals surface area contributed by atoms with Crippen LogP contribution in [0.5, 0.6) is 5.75 Å². The average Bonchev–Trinajstić information content (AvgIpc) is 2.89. The van der Waals surface area contributed by atoms with Gasteiger partial charge in [-0.25, -0.2) is 0 Å². The van der Waals surface area contributed by atoms with E-state index in [0.29, 0.717) is 17.4 Å². The molecule has 0 radical (unpaired) electrons. The number of aromatic hydroxyl groups is 1. The third-order valence-electron chi connectivity index (χ3n) is 9.84. The van der Waals surface area contributed by atoms with Crippen LogP contribution in [-0.4, -0.2) is 100 Å². The SMILES string of the molecule is CC(C)CN(CC(C)C)C1CCN(C)c2c1cc(O)c1c2C[C@@H]2C[C@@H]3[C@@H](N(C)C)C(O)=C(C(N)=O)C(=O)[C@@]3(O)C(O)=C2C1=O. The number of likely N-dealkylation sites (N-methyl/N-ethyl adjacent to an activating group) is 1. The topological polar surface area (TPSA) is 168 Å². The molecule has 3 aliphatic carbocycles. The number of allylic oxidation sites excluding steroid dienone is 1. The van der Waals surface area contributed by atoms with E-state index in [4.69, 9.17) is 5.73 Å². The molecule has 0 aromatic heterocycles. The van der Waals surface area contributed by atoms with Crippen molar-refractivity contribution in [3.05, 3.63) is 45.4 Å². The zero-order valence-corrected chi connectivity index (χ0v) is 26.7. The monoisotopic (exact) mass is 610 g/mol. The number of rotatable bonds is 7. The minimum absolute atomic E-state index is 0.0440. The zero-order chi connectivity index (χ0) is 32.6. The third-order valence-corrected chi connectivity index (χ3v) is 9.84. The normalized spacial score (nSPS) is 28.6. The van der Waals surface area contributed by atoms with E-state index in [1.165, 1.54) is 0 Å². The Morgan fingerprint density at radius 1 is 1.11 bits per heavy atom. The van der Waals surface area contributed by atoms with Crippen molar-refractivity contribution in [2.75, 3.05) is 45.7 Å². The molecule has 1 amide bonds. The van der Waals surface area contributed by atoms with E-state index in [1.807, 2.05) is 7.05 Å². The van der Waals surface area contributed by atoms with Gasteiger partial charge in [0, 0.05) is 49.9 Å². The number of amides is 1. The van der Waals surface area contributed by atoms with Crippen LogP contribution in [0.4, 0.5) is 5.69 Å². The van der Waals surface area contributed by atoms with Gasteiger partial charge in [0.2, 0.25) is 5.78 Å². The van der Waals surface area contributed by atoms with Crippen LogP contribution < -0.4 is 10.6 Å². The molecule has 0 saturated heterocycles. The van der Waals surface area contributed by atoms with Crippen LogP contribution in [-0.2, 0) is 16.0 Å². The number of nitrogens with zero attached hydrogens (tertiary/aromatic N) is 3. The summed E-state index contributed by atoms with van der Waals surface area (Å²) < 4.78 is 0. The Bertz CT molecular complexity index is 1470. The molecule has 11 heteroatoms. The Balaban J connectivity index is 1.68. The Morgan fingerprint density at radius 3 is 2.27 bits per heavy atom. The van der Waals surface area contributed by atoms with Crippen LogP contribution in [0.3, 0.4) is 0 Å². The van der Waals surface area contributed by atoms with Crippen molar-refractivity contribution in [3.8, 4) is 5.75 Å². The molecular formula is C33H46N4O7. The van der Waals surface area contributed by atoms with Crippen molar-refractivity contribution in [2.24, 2.45) is 29.4 Å². The summed E-state index contributed by atoms with van der Waals surface area (Å²) in [7, 11) is 5.22. The van der Waals surface area contributed by atoms with Gasteiger partial charge in [0.15, 0.2) is 11.4 Å². The van der Waals surface area contributed by atoms with Gasteiger partial charge in [0.05, 0.1) is 11.6 Å². The molecule has 240 valence electrons. The molecule has 0 spiro atoms. The first-order chi connectivity index (χ1) is 20.5. The van der Waals surface area contributed by atoms with Crippen molar-refractivity contribution in [3.63, 3.8) is 0 Å². The maximum absolute atomic E-state index is 14.2. The quantitative estimate of drug-likeness (QED) is 0.290. The molecule has 5 rings (SSSR count). The lowest BCUT2D eigenvalue weighted by Gasteiger charge is -2.50. The van der Waals surface area contributed by atoms with Crippen LogP contribution in [0.1, 0.15) is 68.1 Å². The van der Waals surface area contributed by atoms with Gasteiger partial charge in [-0.05, 0) is 68.3 Å². The summed E-state index contributed by atoms with van der Waals surface area (Å²) in [4.78, 5) is 46.1. The van der Waals surface area contributed by atoms with E-state index < -0.39 is 58.0 Å². The van der Waals surface area contributed by atoms with E-state index in [1.54, 1.807) is 25.1 Å². The standard InChI is InChI=1S/C33H46N4O7/c1-15(2)13-37(14-16(3)4)21-8-9-36(7)26-18(21)12-22(38)24-19(26)10-17-11-20-27(35(5)6)29(40)25(32(34)43)31(42)33(20,44)30(41)23(17)28(24)39/h12,15-17,20-21,27,38,40-41,44H,8-11,13-14H2,1-7H3,(H2,34,43)/t17-,20-,21?,27-,33+/m1/s1. The molecule has 0 fully saturated rings. The maximum atomic E-state index is 14.2. The Kier molecular flexibility index (Phi) is 8.14. The van der Waals surface area contributed by atoms with E-state index >= 15 is 0 Å². The molecule has 1 aliphatic heterocycles. The number of Topliss-reactive ketones (excluding diaryl/α,β-unsaturated/α-hetero) is 2. The Hall–Kier alpha value is -3.41. The van der Waals surface area contributed by atoms with E-state index in [2.05, 4.69) is 37.5 Å². The molecule has 4 aliphatic rings. The highest BCUT2D eigenvalue weighted by Gasteiger charge is 2.63. The van der Waals surface area contributed by atoms with Crippen LogP contribution >= 0.6 is 0 Å². The Morgan fingerprint density at radius 2 is 1.73 bits per heavy atom. The molecule has 11 nitrogen and oxygen atoms in total. The van der Waals surface area contributed by atoms with Gasteiger partial charge in [-0.15, -0.1) is 0 Å². The number of phenols is 1. The van der Waals surface area contributed by atoms with E-state index in [9.17, 15) is 34.8 Å². The summed E-state index contributed by atoms with van der Waals surface area (Å²) in [6.45, 7) is 11.3. The van der Waals surface area contributed by atoms with Gasteiger partial charge >= 0.3 is 0 Å². The third kappa shape index (κ3) is 4.71. The lowest BCUT2D eigenvalue weighted by molar-refractivity contribution is -0.148. The van der Waals surface area contributed by atoms with Crippen LogP contribution in [0, 0.1) is 23.7 Å². The fourth-order valence-corrected chi connectivity index (χ4v) is 8.27. The van der Waals surface area contributed by atoms with E-state index in [0.717, 1.165) is 37.3 Å². The number of hydrogen-bond donors (Lipinski definition) is 5. The van der Waals surface area contributed by atoms with Gasteiger partial charge in [-0.1, -0.05) is 27.7 Å². The maximum Gasteiger partial charge on any atom is 0.255 e. The number of anilines is 1. The molecule has 6 N–H and O–H groups in total. The molecule has 1 heterocycles. The van der Waals surface area contributed by atoms with Crippen molar-refractivity contribution >= 4 is 23.2 Å². The van der Waals surface area contributed by atoms with Gasteiger partial charge in [-0.3, -0.25) is 24.2 Å². The predicted octanol–water partition coefficient (Wildman–Crippen LogP) is 2.62. The number of hydrogen-bond acceptors (Lipinski definition) is 10. The lowest BCUT2D eigenvalue weighted by atomic mass is 9.58. The van der Waals surface area contributed by atoms with Crippen molar-refractivity contribution in [2.45, 2.75) is 64.6 Å². The molecule has 0 bridgehead atoms. The number of fused-ring (bicyclic) bond motifs is 5. The largest absolute Gasteiger partial charge is 0.510 e. The highest BCUT2D eigenvalue weighted by Crippen LogP contribution is 2.54. The first kappa shape index (κ1) is 32.0. The molecule has 5 atom stereocenters. The van der Waals surface area contributed by atoms with Crippen LogP contribution in [0.25, 0.3) is 0 Å². The number of aliphatic hydroxyl groups is 3. The fourth-order valence-electron chi connectivity index (χ4n) is 8.27. The van der Waals surface area contributed by atoms with Crippen molar-refractivity contribution in [1.29, 1.82) is 0 Å². The summed E-state index contributed by atoms with van der Waals surface area (Å²) in [6, 6.07) is 0.687. The van der Waals surface area contributed by atoms with Gasteiger partial charge in [-0.2, -0.15) is 0 Å². The summed E-state index contributed by atoms with van der Waals surface area (Å²) in [5.41, 5.74) is 4.41. The van der Waals surface area contributed by atoms with Gasteiger partial charge in [0.1, 0.15) is 22.8 Å². The van der Waals surface area contributed by atoms with Gasteiger partial charge in [0.25, 0.3) is 5.91 Å². The second-order valence-electron chi connectivity index (χ2n) is 14.1. The summed E-state index contributed by atoms with van der Waals surface area (Å²) in [5.74, 6) is -5.56. The molecule has 0 saturated carbocycles. The Labute approximate surface area is 258 Å². The number of carbonyl (C=O) groups is 3. The fraction of sp³-hybridized carbons (Fsp3) is 0.606. The molecule has 44 heavy (non-hydrogen) atoms. The summed E-state index contributed by atoms with van der Waals surface area (Å²) in [5, 5.41) is 45.9. The first-order valence-corrected chi connectivity index (χ1v) is 15.5. The number of aliphatic hydroxyl groups excluding tert-OH is 2. The van der Waals surface area contributed by atoms with Crippen LogP contribution in [0.2, 0.25) is 0 Å². The minimum atomic E-state index is -2.65. The number of ketones is 2. The highest BCUT2D eigenvalue weighted by atomic mass is 16.3. The molecule has 1 aromatic carbocycles. The second kappa shape index (κ2) is 11.2. The highest BCUT2D eigenvalue weighted by molar-refractivity contribution is 6.25. The van der Waals surface area contributed by atoms with Crippen molar-refractivity contribution < 1.29 is 34.8 Å².